The lowest BCUT2D eigenvalue weighted by Crippen LogP contribution is -2.34. The first-order valence-corrected chi connectivity index (χ1v) is 4.72. The summed E-state index contributed by atoms with van der Waals surface area (Å²) in [5.41, 5.74) is 0. The molecule has 1 rings (SSSR count). The molecule has 1 fully saturated rings. The van der Waals surface area contributed by atoms with Gasteiger partial charge in [0.05, 0.1) is 6.07 Å². The summed E-state index contributed by atoms with van der Waals surface area (Å²) in [7, 11) is 0. The van der Waals surface area contributed by atoms with Gasteiger partial charge in [-0.3, -0.25) is 0 Å². The smallest absolute Gasteiger partial charge is 0.407 e. The molecule has 14 heavy (non-hydrogen) atoms. The van der Waals surface area contributed by atoms with E-state index in [2.05, 4.69) is 0 Å². The molecule has 0 aliphatic carbocycles. The van der Waals surface area contributed by atoms with Crippen LogP contribution < -0.4 is 0 Å². The molecule has 2 atom stereocenters. The maximum Gasteiger partial charge on any atom is 0.407 e. The number of amides is 1. The Morgan fingerprint density at radius 2 is 2.43 bits per heavy atom. The van der Waals surface area contributed by atoms with E-state index in [-0.39, 0.29) is 6.04 Å². The van der Waals surface area contributed by atoms with Gasteiger partial charge in [0, 0.05) is 12.6 Å². The van der Waals surface area contributed by atoms with E-state index in [0.717, 1.165) is 12.8 Å². The zero-order valence-corrected chi connectivity index (χ0v) is 7.89. The van der Waals surface area contributed by atoms with Gasteiger partial charge in [0.1, 0.15) is 6.10 Å². The Morgan fingerprint density at radius 3 is 3.00 bits per heavy atom. The Balaban J connectivity index is 2.37. The number of aliphatic hydroxyl groups excluding tert-OH is 1. The lowest BCUT2D eigenvalue weighted by atomic mass is 10.1. The van der Waals surface area contributed by atoms with E-state index in [9.17, 15) is 4.79 Å². The van der Waals surface area contributed by atoms with Crippen molar-refractivity contribution in [3.05, 3.63) is 0 Å². The fourth-order valence-electron chi connectivity index (χ4n) is 1.80. The molecule has 1 saturated heterocycles. The Morgan fingerprint density at radius 1 is 1.71 bits per heavy atom. The summed E-state index contributed by atoms with van der Waals surface area (Å²) in [5.74, 6) is 0. The van der Waals surface area contributed by atoms with Gasteiger partial charge in [-0.05, 0) is 25.7 Å². The summed E-state index contributed by atoms with van der Waals surface area (Å²) in [6.45, 7) is 0.572. The molecule has 0 bridgehead atoms. The minimum atomic E-state index is -0.966. The van der Waals surface area contributed by atoms with E-state index in [1.165, 1.54) is 4.90 Å². The minimum absolute atomic E-state index is 0.0181. The number of rotatable bonds is 3. The van der Waals surface area contributed by atoms with Crippen LogP contribution in [0.4, 0.5) is 4.79 Å². The van der Waals surface area contributed by atoms with Crippen LogP contribution in [0.1, 0.15) is 25.7 Å². The van der Waals surface area contributed by atoms with E-state index >= 15 is 0 Å². The first kappa shape index (κ1) is 10.8. The minimum Gasteiger partial charge on any atom is -0.465 e. The van der Waals surface area contributed by atoms with Gasteiger partial charge in [0.15, 0.2) is 0 Å². The normalized spacial score (nSPS) is 23.1. The molecular weight excluding hydrogens is 184 g/mol. The predicted octanol–water partition coefficient (Wildman–Crippen LogP) is 0.793. The number of likely N-dealkylation sites (tertiary alicyclic amines) is 1. The molecule has 0 saturated carbocycles. The number of hydrogen-bond acceptors (Lipinski definition) is 3. The Kier molecular flexibility index (Phi) is 3.72. The molecule has 0 aromatic heterocycles. The summed E-state index contributed by atoms with van der Waals surface area (Å²) < 4.78 is 0. The lowest BCUT2D eigenvalue weighted by Gasteiger charge is -2.21. The highest BCUT2D eigenvalue weighted by Crippen LogP contribution is 2.21. The second-order valence-corrected chi connectivity index (χ2v) is 3.49. The maximum atomic E-state index is 10.7. The largest absolute Gasteiger partial charge is 0.465 e. The molecule has 2 N–H and O–H groups in total. The molecule has 1 amide bonds. The molecule has 78 valence electrons. The van der Waals surface area contributed by atoms with Crippen LogP contribution in [0.3, 0.4) is 0 Å². The maximum absolute atomic E-state index is 10.7. The number of nitrogens with zero attached hydrogens (tertiary/aromatic N) is 2. The summed E-state index contributed by atoms with van der Waals surface area (Å²) in [6.07, 6.45) is 0.765. The van der Waals surface area contributed by atoms with Crippen molar-refractivity contribution in [2.24, 2.45) is 0 Å². The molecule has 1 unspecified atom stereocenters. The fraction of sp³-hybridized carbons (Fsp3) is 0.778. The third kappa shape index (κ3) is 2.60. The summed E-state index contributed by atoms with van der Waals surface area (Å²) in [5, 5.41) is 26.2. The van der Waals surface area contributed by atoms with Crippen molar-refractivity contribution in [2.45, 2.75) is 37.8 Å². The van der Waals surface area contributed by atoms with Gasteiger partial charge < -0.3 is 15.1 Å². The lowest BCUT2D eigenvalue weighted by molar-refractivity contribution is 0.132. The number of carboxylic acid groups (broad SMARTS) is 1. The highest BCUT2D eigenvalue weighted by Gasteiger charge is 2.28. The van der Waals surface area contributed by atoms with Gasteiger partial charge in [-0.25, -0.2) is 4.79 Å². The molecule has 0 aromatic rings. The average Bonchev–Trinajstić information content (AvgIpc) is 2.62. The van der Waals surface area contributed by atoms with E-state index in [0.29, 0.717) is 19.4 Å². The number of aliphatic hydroxyl groups is 1. The molecule has 5 heteroatoms. The molecule has 0 radical (unpaired) electrons. The van der Waals surface area contributed by atoms with E-state index in [4.69, 9.17) is 15.5 Å². The van der Waals surface area contributed by atoms with E-state index in [1.807, 2.05) is 0 Å². The van der Waals surface area contributed by atoms with Crippen LogP contribution in [-0.4, -0.2) is 39.9 Å². The van der Waals surface area contributed by atoms with Crippen LogP contribution in [0.2, 0.25) is 0 Å². The molecule has 5 nitrogen and oxygen atoms in total. The summed E-state index contributed by atoms with van der Waals surface area (Å²) in [4.78, 5) is 12.1. The van der Waals surface area contributed by atoms with Crippen LogP contribution in [0.15, 0.2) is 0 Å². The van der Waals surface area contributed by atoms with Gasteiger partial charge in [-0.1, -0.05) is 0 Å². The van der Waals surface area contributed by atoms with Crippen molar-refractivity contribution in [1.82, 2.24) is 4.90 Å². The van der Waals surface area contributed by atoms with Crippen LogP contribution in [0.25, 0.3) is 0 Å². The zero-order chi connectivity index (χ0) is 10.6. The first-order valence-electron chi connectivity index (χ1n) is 4.72. The second-order valence-electron chi connectivity index (χ2n) is 3.49. The Labute approximate surface area is 82.6 Å². The number of nitriles is 1. The van der Waals surface area contributed by atoms with Crippen LogP contribution in [0, 0.1) is 11.3 Å². The zero-order valence-electron chi connectivity index (χ0n) is 7.89. The SMILES string of the molecule is N#CC(O)CC[C@@H]1CCCN1C(=O)O. The average molecular weight is 198 g/mol. The molecule has 1 aliphatic rings. The van der Waals surface area contributed by atoms with Gasteiger partial charge in [0.25, 0.3) is 0 Å². The van der Waals surface area contributed by atoms with E-state index in [1.54, 1.807) is 6.07 Å². The molecule has 1 aliphatic heterocycles. The van der Waals surface area contributed by atoms with Gasteiger partial charge in [-0.2, -0.15) is 5.26 Å². The molecule has 0 spiro atoms. The number of hydrogen-bond donors (Lipinski definition) is 2. The molecule has 0 aromatic carbocycles. The second kappa shape index (κ2) is 4.82. The standard InChI is InChI=1S/C9H14N2O3/c10-6-8(12)4-3-7-2-1-5-11(7)9(13)14/h7-8,12H,1-5H2,(H,13,14)/t7-,8?/m0/s1. The highest BCUT2D eigenvalue weighted by molar-refractivity contribution is 5.65. The monoisotopic (exact) mass is 198 g/mol. The topological polar surface area (TPSA) is 84.6 Å². The van der Waals surface area contributed by atoms with Crippen LogP contribution >= 0.6 is 0 Å². The molecule has 1 heterocycles. The van der Waals surface area contributed by atoms with Gasteiger partial charge in [0.2, 0.25) is 0 Å². The van der Waals surface area contributed by atoms with Gasteiger partial charge >= 0.3 is 6.09 Å². The highest BCUT2D eigenvalue weighted by atomic mass is 16.4. The molecular formula is C9H14N2O3. The Hall–Kier alpha value is -1.28. The first-order chi connectivity index (χ1) is 6.65. The van der Waals surface area contributed by atoms with Crippen molar-refractivity contribution in [3.8, 4) is 6.07 Å². The summed E-state index contributed by atoms with van der Waals surface area (Å²) >= 11 is 0. The Bertz CT molecular complexity index is 249. The van der Waals surface area contributed by atoms with Crippen molar-refractivity contribution in [3.63, 3.8) is 0 Å². The summed E-state index contributed by atoms with van der Waals surface area (Å²) in [6, 6.07) is 1.70. The van der Waals surface area contributed by atoms with E-state index < -0.39 is 12.2 Å². The van der Waals surface area contributed by atoms with Crippen molar-refractivity contribution >= 4 is 6.09 Å². The predicted molar refractivity (Wildman–Crippen MR) is 48.6 cm³/mol. The third-order valence-electron chi connectivity index (χ3n) is 2.55. The van der Waals surface area contributed by atoms with Crippen molar-refractivity contribution < 1.29 is 15.0 Å². The number of carbonyl (C=O) groups is 1. The quantitative estimate of drug-likeness (QED) is 0.657. The van der Waals surface area contributed by atoms with Crippen molar-refractivity contribution in [1.29, 1.82) is 5.26 Å². The fourth-order valence-corrected chi connectivity index (χ4v) is 1.80. The van der Waals surface area contributed by atoms with Crippen LogP contribution in [-0.2, 0) is 0 Å². The van der Waals surface area contributed by atoms with Crippen LogP contribution in [0.5, 0.6) is 0 Å². The van der Waals surface area contributed by atoms with Gasteiger partial charge in [-0.15, -0.1) is 0 Å². The van der Waals surface area contributed by atoms with Crippen molar-refractivity contribution in [2.75, 3.05) is 6.54 Å². The third-order valence-corrected chi connectivity index (χ3v) is 2.55.